The maximum atomic E-state index is 3.52. The van der Waals surface area contributed by atoms with Gasteiger partial charge in [-0.1, -0.05) is 42.5 Å². The second-order valence-corrected chi connectivity index (χ2v) is 8.09. The maximum Gasteiger partial charge on any atom is 0.318 e. The molecule has 0 bridgehead atoms. The van der Waals surface area contributed by atoms with Gasteiger partial charge in [0.1, 0.15) is 0 Å². The fourth-order valence-corrected chi connectivity index (χ4v) is 4.30. The third-order valence-corrected chi connectivity index (χ3v) is 6.21. The molecule has 0 aliphatic heterocycles. The molecule has 0 unspecified atom stereocenters. The average molecular weight is 420 g/mol. The Kier molecular flexibility index (Phi) is 7.80. The summed E-state index contributed by atoms with van der Waals surface area (Å²) < 4.78 is 4.54. The molecule has 0 aliphatic carbocycles. The number of aryl methyl sites for hydroxylation is 2. The lowest BCUT2D eigenvalue weighted by molar-refractivity contribution is -0.685. The summed E-state index contributed by atoms with van der Waals surface area (Å²) in [5.41, 5.74) is 6.04. The smallest absolute Gasteiger partial charge is 0.318 e. The highest BCUT2D eigenvalue weighted by Gasteiger charge is 2.19. The van der Waals surface area contributed by atoms with E-state index in [2.05, 4.69) is 107 Å². The van der Waals surface area contributed by atoms with Gasteiger partial charge in [-0.3, -0.25) is 0 Å². The van der Waals surface area contributed by atoms with E-state index in [-0.39, 0.29) is 0 Å². The van der Waals surface area contributed by atoms with Crippen LogP contribution < -0.4 is 15.2 Å². The van der Waals surface area contributed by atoms with Crippen LogP contribution >= 0.6 is 11.8 Å². The van der Waals surface area contributed by atoms with Gasteiger partial charge in [0.15, 0.2) is 11.0 Å². The van der Waals surface area contributed by atoms with Gasteiger partial charge in [0, 0.05) is 25.0 Å². The van der Waals surface area contributed by atoms with Crippen molar-refractivity contribution in [3.63, 3.8) is 0 Å². The monoisotopic (exact) mass is 419 g/mol. The Morgan fingerprint density at radius 3 is 2.57 bits per heavy atom. The normalized spacial score (nSPS) is 12.3. The van der Waals surface area contributed by atoms with Crippen molar-refractivity contribution in [2.45, 2.75) is 12.1 Å². The van der Waals surface area contributed by atoms with E-state index < -0.39 is 0 Å². The Morgan fingerprint density at radius 2 is 1.87 bits per heavy atom. The molecule has 3 rings (SSSR count). The predicted octanol–water partition coefficient (Wildman–Crippen LogP) is 4.90. The molecule has 5 heteroatoms. The van der Waals surface area contributed by atoms with E-state index in [1.165, 1.54) is 27.3 Å². The van der Waals surface area contributed by atoms with Crippen molar-refractivity contribution in [3.8, 4) is 0 Å². The minimum atomic E-state index is 0.916. The lowest BCUT2D eigenvalue weighted by atomic mass is 10.1. The first kappa shape index (κ1) is 21.8. The lowest BCUT2D eigenvalue weighted by Crippen LogP contribution is -2.30. The van der Waals surface area contributed by atoms with Gasteiger partial charge in [-0.05, 0) is 66.4 Å². The van der Waals surface area contributed by atoms with E-state index in [1.807, 2.05) is 31.9 Å². The summed E-state index contributed by atoms with van der Waals surface area (Å²) in [4.78, 5) is 0. The zero-order valence-electron chi connectivity index (χ0n) is 18.2. The van der Waals surface area contributed by atoms with Crippen LogP contribution in [0, 0.1) is 0 Å². The Labute approximate surface area is 184 Å². The van der Waals surface area contributed by atoms with Crippen molar-refractivity contribution in [2.24, 2.45) is 14.1 Å². The topological polar surface area (TPSA) is 32.9 Å². The summed E-state index contributed by atoms with van der Waals surface area (Å²) in [6.45, 7) is 2.96. The van der Waals surface area contributed by atoms with E-state index in [9.17, 15) is 0 Å². The molecule has 0 saturated carbocycles. The molecule has 0 aliphatic rings. The van der Waals surface area contributed by atoms with E-state index >= 15 is 0 Å². The zero-order valence-corrected chi connectivity index (χ0v) is 19.0. The van der Waals surface area contributed by atoms with Gasteiger partial charge in [0.2, 0.25) is 0 Å². The fraction of sp³-hybridized carbons (Fsp3) is 0.240. The van der Waals surface area contributed by atoms with E-state index in [1.54, 1.807) is 0 Å². The number of nitrogens with one attached hydrogen (secondary N) is 2. The first-order chi connectivity index (χ1) is 14.6. The molecule has 0 amide bonds. The Morgan fingerprint density at radius 1 is 1.10 bits per heavy atom. The standard InChI is InChI=1S/C25H31N4S/c1-5-20(16-17-26-2)10-11-21-12-14-22(15-13-21)27-18-19-30-25-28(3)23-8-6-7-9-24(23)29(25)4/h5-17,26-27H,18-19H2,1-4H3/q+1/b11-10+,17-16-,20-5-. The van der Waals surface area contributed by atoms with Crippen molar-refractivity contribution in [3.05, 3.63) is 84.1 Å². The number of allylic oxidation sites excluding steroid dienone is 4. The maximum absolute atomic E-state index is 3.52. The number of hydrogen-bond acceptors (Lipinski definition) is 3. The van der Waals surface area contributed by atoms with Gasteiger partial charge in [0.05, 0.1) is 14.1 Å². The number of nitrogens with zero attached hydrogens (tertiary/aromatic N) is 2. The van der Waals surface area contributed by atoms with Crippen LogP contribution in [0.4, 0.5) is 5.69 Å². The molecule has 0 fully saturated rings. The molecule has 0 saturated heterocycles. The molecule has 0 atom stereocenters. The largest absolute Gasteiger partial charge is 0.394 e. The van der Waals surface area contributed by atoms with Crippen molar-refractivity contribution in [1.29, 1.82) is 0 Å². The first-order valence-electron chi connectivity index (χ1n) is 10.2. The van der Waals surface area contributed by atoms with Crippen LogP contribution in [0.5, 0.6) is 0 Å². The second kappa shape index (κ2) is 10.7. The third kappa shape index (κ3) is 5.36. The Bertz CT molecular complexity index is 1020. The van der Waals surface area contributed by atoms with Crippen molar-refractivity contribution in [2.75, 3.05) is 24.7 Å². The van der Waals surface area contributed by atoms with E-state index in [4.69, 9.17) is 0 Å². The van der Waals surface area contributed by atoms with Crippen LogP contribution in [-0.2, 0) is 14.1 Å². The molecule has 1 aromatic heterocycles. The molecular formula is C25H31N4S+. The number of anilines is 1. The molecule has 0 radical (unpaired) electrons. The summed E-state index contributed by atoms with van der Waals surface area (Å²) in [5, 5.41) is 7.81. The van der Waals surface area contributed by atoms with Crippen LogP contribution in [0.2, 0.25) is 0 Å². The van der Waals surface area contributed by atoms with Crippen LogP contribution in [0.25, 0.3) is 17.1 Å². The van der Waals surface area contributed by atoms with Crippen LogP contribution in [0.15, 0.2) is 83.7 Å². The van der Waals surface area contributed by atoms with E-state index in [0.29, 0.717) is 0 Å². The Balaban J connectivity index is 1.52. The first-order valence-corrected chi connectivity index (χ1v) is 11.2. The quantitative estimate of drug-likeness (QED) is 0.224. The van der Waals surface area contributed by atoms with Crippen molar-refractivity contribution < 1.29 is 4.57 Å². The van der Waals surface area contributed by atoms with Crippen LogP contribution in [-0.4, -0.2) is 23.9 Å². The molecule has 30 heavy (non-hydrogen) atoms. The number of thioether (sulfide) groups is 1. The van der Waals surface area contributed by atoms with Gasteiger partial charge in [-0.15, -0.1) is 0 Å². The summed E-state index contributed by atoms with van der Waals surface area (Å²) in [5.74, 6) is 1.00. The molecule has 1 heterocycles. The molecule has 4 nitrogen and oxygen atoms in total. The van der Waals surface area contributed by atoms with Gasteiger partial charge in [-0.2, -0.15) is 0 Å². The zero-order chi connectivity index (χ0) is 21.3. The summed E-state index contributed by atoms with van der Waals surface area (Å²) in [7, 11) is 6.18. The highest BCUT2D eigenvalue weighted by Crippen LogP contribution is 2.20. The lowest BCUT2D eigenvalue weighted by Gasteiger charge is -2.06. The molecule has 2 aromatic carbocycles. The highest BCUT2D eigenvalue weighted by molar-refractivity contribution is 7.99. The summed E-state index contributed by atoms with van der Waals surface area (Å²) >= 11 is 1.88. The number of aromatic nitrogens is 2. The minimum Gasteiger partial charge on any atom is -0.394 e. The average Bonchev–Trinajstić information content (AvgIpc) is 3.02. The number of benzene rings is 2. The van der Waals surface area contributed by atoms with Crippen LogP contribution in [0.1, 0.15) is 12.5 Å². The van der Waals surface area contributed by atoms with Gasteiger partial charge >= 0.3 is 5.16 Å². The summed E-state index contributed by atoms with van der Waals surface area (Å²) in [6.07, 6.45) is 10.3. The number of para-hydroxylation sites is 2. The Hall–Kier alpha value is -2.92. The second-order valence-electron chi connectivity index (χ2n) is 7.03. The fourth-order valence-electron chi connectivity index (χ4n) is 3.33. The molecule has 3 aromatic rings. The minimum absolute atomic E-state index is 0.916. The van der Waals surface area contributed by atoms with Crippen molar-refractivity contribution in [1.82, 2.24) is 9.88 Å². The number of hydrogen-bond donors (Lipinski definition) is 2. The number of imidazole rings is 1. The van der Waals surface area contributed by atoms with Crippen LogP contribution in [0.3, 0.4) is 0 Å². The van der Waals surface area contributed by atoms with Gasteiger partial charge in [0.25, 0.3) is 0 Å². The predicted molar refractivity (Wildman–Crippen MR) is 131 cm³/mol. The molecule has 156 valence electrons. The molecular weight excluding hydrogens is 388 g/mol. The number of rotatable bonds is 9. The third-order valence-electron chi connectivity index (χ3n) is 5.00. The number of fused-ring (bicyclic) bond motifs is 1. The molecule has 2 N–H and O–H groups in total. The highest BCUT2D eigenvalue weighted by atomic mass is 32.2. The molecule has 0 spiro atoms. The SMILES string of the molecule is C/C=C(\C=C/NC)/C=C/c1ccc(NCCSc2n(C)c3ccccc3[n+]2C)cc1. The van der Waals surface area contributed by atoms with Gasteiger partial charge < -0.3 is 10.6 Å². The van der Waals surface area contributed by atoms with Crippen molar-refractivity contribution >= 4 is 34.6 Å². The summed E-state index contributed by atoms with van der Waals surface area (Å²) in [6, 6.07) is 17.1. The van der Waals surface area contributed by atoms with Gasteiger partial charge in [-0.25, -0.2) is 9.13 Å². The van der Waals surface area contributed by atoms with E-state index in [0.717, 1.165) is 18.0 Å².